The Bertz CT molecular complexity index is 700. The summed E-state index contributed by atoms with van der Waals surface area (Å²) in [5.74, 6) is -0.816. The van der Waals surface area contributed by atoms with Crippen LogP contribution in [-0.4, -0.2) is 28.1 Å². The van der Waals surface area contributed by atoms with Gasteiger partial charge in [0.15, 0.2) is 0 Å². The van der Waals surface area contributed by atoms with Crippen LogP contribution in [0, 0.1) is 5.92 Å². The predicted molar refractivity (Wildman–Crippen MR) is 93.7 cm³/mol. The lowest BCUT2D eigenvalue weighted by Crippen LogP contribution is -2.49. The van der Waals surface area contributed by atoms with Gasteiger partial charge in [-0.25, -0.2) is 0 Å². The van der Waals surface area contributed by atoms with Crippen molar-refractivity contribution in [3.63, 3.8) is 0 Å². The van der Waals surface area contributed by atoms with Gasteiger partial charge in [0.05, 0.1) is 5.92 Å². The second kappa shape index (κ2) is 6.40. The number of carboxylic acid groups (broad SMARTS) is 1. The minimum Gasteiger partial charge on any atom is -0.481 e. The maximum atomic E-state index is 11.9. The lowest BCUT2D eigenvalue weighted by atomic mass is 9.75. The fraction of sp³-hybridized carbons (Fsp3) is 0.381. The van der Waals surface area contributed by atoms with Crippen molar-refractivity contribution in [2.75, 3.05) is 0 Å². The van der Waals surface area contributed by atoms with E-state index in [0.717, 1.165) is 25.8 Å². The number of hydrogen-bond donors (Lipinski definition) is 1. The lowest BCUT2D eigenvalue weighted by molar-refractivity contribution is -0.145. The van der Waals surface area contributed by atoms with Crippen LogP contribution >= 0.6 is 0 Å². The molecule has 0 amide bonds. The summed E-state index contributed by atoms with van der Waals surface area (Å²) in [6.45, 7) is 0.922. The van der Waals surface area contributed by atoms with Gasteiger partial charge in [-0.1, -0.05) is 60.7 Å². The van der Waals surface area contributed by atoms with E-state index < -0.39 is 5.97 Å². The van der Waals surface area contributed by atoms with Gasteiger partial charge in [0.1, 0.15) is 0 Å². The molecule has 2 fully saturated rings. The number of aliphatic carboxylic acids is 1. The molecule has 2 aliphatic heterocycles. The van der Waals surface area contributed by atoms with Gasteiger partial charge < -0.3 is 5.11 Å². The molecule has 4 atom stereocenters. The molecular weight excluding hydrogens is 298 g/mol. The van der Waals surface area contributed by atoms with E-state index in [4.69, 9.17) is 0 Å². The third-order valence-corrected chi connectivity index (χ3v) is 5.77. The Morgan fingerprint density at radius 1 is 1.00 bits per heavy atom. The zero-order valence-corrected chi connectivity index (χ0v) is 13.7. The van der Waals surface area contributed by atoms with E-state index in [1.807, 2.05) is 24.3 Å². The largest absolute Gasteiger partial charge is 0.481 e. The van der Waals surface area contributed by atoms with E-state index in [1.165, 1.54) is 11.1 Å². The van der Waals surface area contributed by atoms with Crippen LogP contribution in [0.3, 0.4) is 0 Å². The average Bonchev–Trinajstić information content (AvgIpc) is 2.88. The zero-order chi connectivity index (χ0) is 16.5. The van der Waals surface area contributed by atoms with Gasteiger partial charge in [0.2, 0.25) is 0 Å². The molecule has 1 N–H and O–H groups in total. The molecule has 2 aliphatic rings. The highest BCUT2D eigenvalue weighted by molar-refractivity contribution is 5.72. The first kappa shape index (κ1) is 15.4. The summed E-state index contributed by atoms with van der Waals surface area (Å²) in [5.41, 5.74) is 2.49. The van der Waals surface area contributed by atoms with Gasteiger partial charge in [-0.3, -0.25) is 9.69 Å². The molecule has 2 aromatic carbocycles. The number of carbonyl (C=O) groups is 1. The number of carboxylic acids is 1. The lowest BCUT2D eigenvalue weighted by Gasteiger charge is -2.43. The molecule has 2 bridgehead atoms. The molecule has 0 aliphatic carbocycles. The quantitative estimate of drug-likeness (QED) is 0.928. The van der Waals surface area contributed by atoms with Gasteiger partial charge in [-0.2, -0.15) is 0 Å². The van der Waals surface area contributed by atoms with Gasteiger partial charge >= 0.3 is 5.97 Å². The maximum absolute atomic E-state index is 11.9. The number of hydrogen-bond acceptors (Lipinski definition) is 2. The number of nitrogens with zero attached hydrogens (tertiary/aromatic N) is 1. The van der Waals surface area contributed by atoms with E-state index in [0.29, 0.717) is 12.1 Å². The minimum atomic E-state index is -0.639. The predicted octanol–water partition coefficient (Wildman–Crippen LogP) is 3.91. The fourth-order valence-electron chi connectivity index (χ4n) is 4.74. The van der Waals surface area contributed by atoms with Crippen LogP contribution in [0.1, 0.15) is 36.3 Å². The highest BCUT2D eigenvalue weighted by atomic mass is 16.4. The van der Waals surface area contributed by atoms with Crippen molar-refractivity contribution in [3.05, 3.63) is 71.8 Å². The van der Waals surface area contributed by atoms with Crippen LogP contribution in [0.15, 0.2) is 60.7 Å². The Morgan fingerprint density at radius 3 is 2.33 bits per heavy atom. The molecule has 0 aromatic heterocycles. The smallest absolute Gasteiger partial charge is 0.307 e. The second-order valence-corrected chi connectivity index (χ2v) is 7.07. The summed E-state index contributed by atoms with van der Waals surface area (Å²) in [6.07, 6.45) is 2.98. The van der Waals surface area contributed by atoms with E-state index in [1.54, 1.807) is 0 Å². The second-order valence-electron chi connectivity index (χ2n) is 7.07. The number of piperidine rings is 1. The summed E-state index contributed by atoms with van der Waals surface area (Å²) < 4.78 is 0. The van der Waals surface area contributed by atoms with Crippen molar-refractivity contribution in [1.82, 2.24) is 4.90 Å². The molecule has 0 unspecified atom stereocenters. The van der Waals surface area contributed by atoms with Crippen LogP contribution < -0.4 is 0 Å². The molecular formula is C21H23NO2. The molecule has 4 rings (SSSR count). The van der Waals surface area contributed by atoms with E-state index in [-0.39, 0.29) is 11.8 Å². The summed E-state index contributed by atoms with van der Waals surface area (Å²) in [5, 5.41) is 9.79. The Hall–Kier alpha value is -2.13. The van der Waals surface area contributed by atoms with E-state index >= 15 is 0 Å². The Kier molecular flexibility index (Phi) is 4.11. The summed E-state index contributed by atoms with van der Waals surface area (Å²) in [4.78, 5) is 14.5. The van der Waals surface area contributed by atoms with Crippen LogP contribution in [0.4, 0.5) is 0 Å². The maximum Gasteiger partial charge on any atom is 0.307 e. The van der Waals surface area contributed by atoms with E-state index in [2.05, 4.69) is 41.3 Å². The molecule has 3 nitrogen and oxygen atoms in total. The van der Waals surface area contributed by atoms with Crippen molar-refractivity contribution >= 4 is 5.97 Å². The fourth-order valence-corrected chi connectivity index (χ4v) is 4.74. The van der Waals surface area contributed by atoms with Gasteiger partial charge in [0, 0.05) is 24.5 Å². The van der Waals surface area contributed by atoms with Crippen LogP contribution in [0.2, 0.25) is 0 Å². The number of rotatable bonds is 4. The molecule has 2 aromatic rings. The van der Waals surface area contributed by atoms with Crippen molar-refractivity contribution in [3.8, 4) is 0 Å². The SMILES string of the molecule is O=C(O)[C@@H]1C[C@@H]2CC[C@H]([C@H]1c1ccccc1)N2Cc1ccccc1. The van der Waals surface area contributed by atoms with Gasteiger partial charge in [0.25, 0.3) is 0 Å². The normalized spacial score (nSPS) is 29.5. The molecule has 3 heteroatoms. The monoisotopic (exact) mass is 321 g/mol. The molecule has 0 spiro atoms. The Morgan fingerprint density at radius 2 is 1.67 bits per heavy atom. The number of fused-ring (bicyclic) bond motifs is 2. The molecule has 2 heterocycles. The molecule has 2 saturated heterocycles. The van der Waals surface area contributed by atoms with Gasteiger partial charge in [-0.05, 0) is 30.4 Å². The molecule has 0 saturated carbocycles. The third kappa shape index (κ3) is 2.73. The van der Waals surface area contributed by atoms with Crippen molar-refractivity contribution in [2.45, 2.75) is 43.8 Å². The van der Waals surface area contributed by atoms with E-state index in [9.17, 15) is 9.90 Å². The Labute approximate surface area is 142 Å². The number of benzene rings is 2. The van der Waals surface area contributed by atoms with Crippen molar-refractivity contribution < 1.29 is 9.90 Å². The zero-order valence-electron chi connectivity index (χ0n) is 13.7. The van der Waals surface area contributed by atoms with Gasteiger partial charge in [-0.15, -0.1) is 0 Å². The van der Waals surface area contributed by atoms with Crippen molar-refractivity contribution in [1.29, 1.82) is 0 Å². The third-order valence-electron chi connectivity index (χ3n) is 5.77. The minimum absolute atomic E-state index is 0.0890. The highest BCUT2D eigenvalue weighted by Gasteiger charge is 2.49. The summed E-state index contributed by atoms with van der Waals surface area (Å²) in [6, 6.07) is 21.5. The van der Waals surface area contributed by atoms with Crippen molar-refractivity contribution in [2.24, 2.45) is 5.92 Å². The average molecular weight is 321 g/mol. The first-order chi connectivity index (χ1) is 11.7. The molecule has 24 heavy (non-hydrogen) atoms. The highest BCUT2D eigenvalue weighted by Crippen LogP contribution is 2.48. The summed E-state index contributed by atoms with van der Waals surface area (Å²) >= 11 is 0. The van der Waals surface area contributed by atoms with Crippen LogP contribution in [0.25, 0.3) is 0 Å². The summed E-state index contributed by atoms with van der Waals surface area (Å²) in [7, 11) is 0. The van der Waals surface area contributed by atoms with Crippen LogP contribution in [0.5, 0.6) is 0 Å². The topological polar surface area (TPSA) is 40.5 Å². The van der Waals surface area contributed by atoms with Crippen LogP contribution in [-0.2, 0) is 11.3 Å². The first-order valence-electron chi connectivity index (χ1n) is 8.81. The molecule has 0 radical (unpaired) electrons. The molecule has 124 valence electrons. The standard InChI is InChI=1S/C21H23NO2/c23-21(24)18-13-17-11-12-19(20(18)16-9-5-2-6-10-16)22(17)14-15-7-3-1-4-8-15/h1-10,17-20H,11-14H2,(H,23,24)/t17-,18+,19+,20-/m0/s1. The Balaban J connectivity index is 1.66. The first-order valence-corrected chi connectivity index (χ1v) is 8.81.